The Balaban J connectivity index is 3.81. The van der Waals surface area contributed by atoms with Crippen LogP contribution in [0.3, 0.4) is 0 Å². The van der Waals surface area contributed by atoms with Crippen molar-refractivity contribution in [3.05, 3.63) is 0 Å². The molecular weight excluding hydrogens is 180 g/mol. The Labute approximate surface area is 83.8 Å². The minimum absolute atomic E-state index is 0.275. The van der Waals surface area contributed by atoms with Gasteiger partial charge in [0.25, 0.3) is 0 Å². The molecule has 0 N–H and O–H groups in total. The highest BCUT2D eigenvalue weighted by molar-refractivity contribution is 6.73. The van der Waals surface area contributed by atoms with Crippen molar-refractivity contribution in [3.8, 4) is 0 Å². The van der Waals surface area contributed by atoms with Crippen LogP contribution in [0.4, 0.5) is 0 Å². The highest BCUT2D eigenvalue weighted by Gasteiger charge is 2.28. The minimum atomic E-state index is -1.41. The van der Waals surface area contributed by atoms with Gasteiger partial charge in [0.15, 0.2) is 8.32 Å². The zero-order valence-corrected chi connectivity index (χ0v) is 10.7. The van der Waals surface area contributed by atoms with Crippen molar-refractivity contribution < 1.29 is 9.16 Å². The van der Waals surface area contributed by atoms with E-state index in [1.807, 2.05) is 13.8 Å². The summed E-state index contributed by atoms with van der Waals surface area (Å²) in [7, 11) is -1.41. The van der Waals surface area contributed by atoms with Crippen molar-refractivity contribution in [2.24, 2.45) is 0 Å². The summed E-state index contributed by atoms with van der Waals surface area (Å²) in [5.74, 6) is 0. The van der Waals surface area contributed by atoms with E-state index in [1.165, 1.54) is 18.1 Å². The second-order valence-electron chi connectivity index (χ2n) is 3.72. The standard InChI is InChI=1S/C10H24O2Si/c1-6-13(7-2,8-3)12-9-11-10(4)5/h10H,6-9H2,1-5H3. The van der Waals surface area contributed by atoms with Crippen LogP contribution in [-0.4, -0.2) is 21.2 Å². The fourth-order valence-electron chi connectivity index (χ4n) is 1.35. The van der Waals surface area contributed by atoms with E-state index in [4.69, 9.17) is 9.16 Å². The number of ether oxygens (including phenoxy) is 1. The van der Waals surface area contributed by atoms with Gasteiger partial charge in [-0.25, -0.2) is 0 Å². The summed E-state index contributed by atoms with van der Waals surface area (Å²) in [6.45, 7) is 11.3. The van der Waals surface area contributed by atoms with E-state index in [-0.39, 0.29) is 6.10 Å². The minimum Gasteiger partial charge on any atom is -0.395 e. The van der Waals surface area contributed by atoms with Crippen molar-refractivity contribution in [2.45, 2.75) is 58.9 Å². The van der Waals surface area contributed by atoms with Gasteiger partial charge in [-0.2, -0.15) is 0 Å². The molecule has 0 fully saturated rings. The highest BCUT2D eigenvalue weighted by Crippen LogP contribution is 2.21. The summed E-state index contributed by atoms with van der Waals surface area (Å²) < 4.78 is 11.3. The molecule has 0 unspecified atom stereocenters. The largest absolute Gasteiger partial charge is 0.395 e. The summed E-state index contributed by atoms with van der Waals surface area (Å²) in [6.07, 6.45) is 0.275. The Hall–Kier alpha value is 0.137. The molecule has 2 nitrogen and oxygen atoms in total. The molecule has 0 atom stereocenters. The summed E-state index contributed by atoms with van der Waals surface area (Å²) in [4.78, 5) is 0. The topological polar surface area (TPSA) is 18.5 Å². The van der Waals surface area contributed by atoms with Crippen LogP contribution in [0.5, 0.6) is 0 Å². The first-order valence-corrected chi connectivity index (χ1v) is 7.88. The van der Waals surface area contributed by atoms with Crippen LogP contribution in [0.15, 0.2) is 0 Å². The van der Waals surface area contributed by atoms with E-state index in [0.717, 1.165) is 0 Å². The van der Waals surface area contributed by atoms with Gasteiger partial charge in [0, 0.05) is 0 Å². The van der Waals surface area contributed by atoms with Gasteiger partial charge in [0.1, 0.15) is 6.79 Å². The van der Waals surface area contributed by atoms with Crippen LogP contribution in [0.25, 0.3) is 0 Å². The van der Waals surface area contributed by atoms with Gasteiger partial charge < -0.3 is 9.16 Å². The Morgan fingerprint density at radius 3 is 1.77 bits per heavy atom. The van der Waals surface area contributed by atoms with E-state index in [9.17, 15) is 0 Å². The van der Waals surface area contributed by atoms with Crippen molar-refractivity contribution in [1.82, 2.24) is 0 Å². The number of rotatable bonds is 7. The molecule has 0 aromatic heterocycles. The van der Waals surface area contributed by atoms with Crippen LogP contribution >= 0.6 is 0 Å². The molecule has 0 saturated heterocycles. The van der Waals surface area contributed by atoms with E-state index in [2.05, 4.69) is 20.8 Å². The fourth-order valence-corrected chi connectivity index (χ4v) is 3.78. The lowest BCUT2D eigenvalue weighted by molar-refractivity contribution is -0.0260. The molecule has 0 aromatic carbocycles. The number of hydrogen-bond donors (Lipinski definition) is 0. The molecule has 0 aromatic rings. The third-order valence-corrected chi connectivity index (χ3v) is 7.30. The van der Waals surface area contributed by atoms with Crippen LogP contribution in [0.1, 0.15) is 34.6 Å². The lowest BCUT2D eigenvalue weighted by Crippen LogP contribution is -2.36. The highest BCUT2D eigenvalue weighted by atomic mass is 28.4. The van der Waals surface area contributed by atoms with E-state index >= 15 is 0 Å². The SMILES string of the molecule is CC[Si](CC)(CC)OCOC(C)C. The smallest absolute Gasteiger partial charge is 0.195 e. The third kappa shape index (κ3) is 4.79. The first-order valence-electron chi connectivity index (χ1n) is 5.35. The third-order valence-electron chi connectivity index (χ3n) is 2.70. The molecule has 0 aliphatic rings. The molecule has 13 heavy (non-hydrogen) atoms. The number of hydrogen-bond acceptors (Lipinski definition) is 2. The Morgan fingerprint density at radius 1 is 1.00 bits per heavy atom. The Morgan fingerprint density at radius 2 is 1.46 bits per heavy atom. The molecule has 3 heteroatoms. The summed E-state index contributed by atoms with van der Waals surface area (Å²) in [5, 5.41) is 0. The fraction of sp³-hybridized carbons (Fsp3) is 1.00. The predicted octanol–water partition coefficient (Wildman–Crippen LogP) is 3.39. The van der Waals surface area contributed by atoms with Gasteiger partial charge in [-0.3, -0.25) is 0 Å². The molecule has 80 valence electrons. The lowest BCUT2D eigenvalue weighted by Gasteiger charge is -2.28. The Kier molecular flexibility index (Phi) is 6.64. The summed E-state index contributed by atoms with van der Waals surface area (Å²) in [5.41, 5.74) is 0. The van der Waals surface area contributed by atoms with Crippen LogP contribution in [0, 0.1) is 0 Å². The van der Waals surface area contributed by atoms with Crippen LogP contribution < -0.4 is 0 Å². The van der Waals surface area contributed by atoms with Crippen molar-refractivity contribution in [3.63, 3.8) is 0 Å². The Bertz CT molecular complexity index is 114. The van der Waals surface area contributed by atoms with Gasteiger partial charge in [-0.1, -0.05) is 20.8 Å². The first-order chi connectivity index (χ1) is 6.10. The molecule has 0 heterocycles. The first kappa shape index (κ1) is 13.1. The second-order valence-corrected chi connectivity index (χ2v) is 8.50. The lowest BCUT2D eigenvalue weighted by atomic mass is 10.5. The maximum Gasteiger partial charge on any atom is 0.195 e. The molecule has 0 saturated carbocycles. The van der Waals surface area contributed by atoms with Crippen molar-refractivity contribution in [2.75, 3.05) is 6.79 Å². The van der Waals surface area contributed by atoms with E-state index in [1.54, 1.807) is 0 Å². The zero-order chi connectivity index (χ0) is 10.3. The van der Waals surface area contributed by atoms with Gasteiger partial charge in [0.05, 0.1) is 6.10 Å². The molecule has 0 spiro atoms. The zero-order valence-electron chi connectivity index (χ0n) is 9.72. The predicted molar refractivity (Wildman–Crippen MR) is 59.4 cm³/mol. The summed E-state index contributed by atoms with van der Waals surface area (Å²) in [6, 6.07) is 3.59. The molecule has 0 radical (unpaired) electrons. The van der Waals surface area contributed by atoms with Gasteiger partial charge in [-0.15, -0.1) is 0 Å². The average molecular weight is 204 g/mol. The van der Waals surface area contributed by atoms with Crippen molar-refractivity contribution >= 4 is 8.32 Å². The van der Waals surface area contributed by atoms with Gasteiger partial charge in [-0.05, 0) is 32.0 Å². The van der Waals surface area contributed by atoms with Crippen LogP contribution in [-0.2, 0) is 9.16 Å². The molecule has 0 rings (SSSR count). The summed E-state index contributed by atoms with van der Waals surface area (Å²) >= 11 is 0. The van der Waals surface area contributed by atoms with Crippen molar-refractivity contribution in [1.29, 1.82) is 0 Å². The molecule has 0 amide bonds. The molecule has 0 bridgehead atoms. The second kappa shape index (κ2) is 6.57. The molecule has 0 aliphatic heterocycles. The normalized spacial score (nSPS) is 12.5. The monoisotopic (exact) mass is 204 g/mol. The maximum absolute atomic E-state index is 5.90. The molecule has 0 aliphatic carbocycles. The van der Waals surface area contributed by atoms with E-state index in [0.29, 0.717) is 6.79 Å². The quantitative estimate of drug-likeness (QED) is 0.467. The van der Waals surface area contributed by atoms with Crippen LogP contribution in [0.2, 0.25) is 18.1 Å². The molecular formula is C10H24O2Si. The van der Waals surface area contributed by atoms with Gasteiger partial charge in [0.2, 0.25) is 0 Å². The van der Waals surface area contributed by atoms with Gasteiger partial charge >= 0.3 is 0 Å². The van der Waals surface area contributed by atoms with E-state index < -0.39 is 8.32 Å². The maximum atomic E-state index is 5.90. The average Bonchev–Trinajstić information content (AvgIpc) is 2.13.